The summed E-state index contributed by atoms with van der Waals surface area (Å²) in [5.41, 5.74) is -1.43. The molecule has 1 atom stereocenters. The van der Waals surface area contributed by atoms with Gasteiger partial charge >= 0.3 is 11.7 Å². The number of amides is 3. The summed E-state index contributed by atoms with van der Waals surface area (Å²) in [6, 6.07) is 0.803. The van der Waals surface area contributed by atoms with E-state index in [0.29, 0.717) is 17.9 Å². The molecule has 3 heterocycles. The standard InChI is InChI=1S/C13H16N4O4S/c1-15-8(5-9(18)16(2)12(15)21)6-17-10(19)13(14-11(17)20)3-4-22-7-13/h5H,3-4,6-7H2,1-2H3,(H,14,20)/t13-/m1/s1. The molecule has 22 heavy (non-hydrogen) atoms. The Balaban J connectivity index is 1.94. The molecule has 1 aromatic rings. The minimum absolute atomic E-state index is 0.0844. The highest BCUT2D eigenvalue weighted by Gasteiger charge is 2.52. The lowest BCUT2D eigenvalue weighted by molar-refractivity contribution is -0.130. The molecule has 8 nitrogen and oxygen atoms in total. The number of hydrogen-bond donors (Lipinski definition) is 1. The SMILES string of the molecule is Cn1c(CN2C(=O)N[C@@]3(CCSC3)C2=O)cc(=O)n(C)c1=O. The third kappa shape index (κ3) is 2.07. The van der Waals surface area contributed by atoms with Crippen molar-refractivity contribution in [2.24, 2.45) is 14.1 Å². The van der Waals surface area contributed by atoms with Crippen LogP contribution in [0.1, 0.15) is 12.1 Å². The Morgan fingerprint density at radius 3 is 2.59 bits per heavy atom. The summed E-state index contributed by atoms with van der Waals surface area (Å²) in [5.74, 6) is 1.10. The number of carbonyl (C=O) groups is 2. The number of urea groups is 1. The van der Waals surface area contributed by atoms with E-state index in [1.54, 1.807) is 11.8 Å². The lowest BCUT2D eigenvalue weighted by Gasteiger charge is -2.19. The van der Waals surface area contributed by atoms with Gasteiger partial charge in [-0.15, -0.1) is 0 Å². The first-order valence-electron chi connectivity index (χ1n) is 6.83. The molecule has 0 unspecified atom stereocenters. The van der Waals surface area contributed by atoms with Crippen molar-refractivity contribution in [3.8, 4) is 0 Å². The first-order chi connectivity index (χ1) is 10.4. The van der Waals surface area contributed by atoms with E-state index in [4.69, 9.17) is 0 Å². The van der Waals surface area contributed by atoms with Gasteiger partial charge in [0.05, 0.1) is 6.54 Å². The lowest BCUT2D eigenvalue weighted by atomic mass is 9.99. The Labute approximate surface area is 130 Å². The van der Waals surface area contributed by atoms with Gasteiger partial charge in [-0.2, -0.15) is 11.8 Å². The van der Waals surface area contributed by atoms with E-state index in [2.05, 4.69) is 5.32 Å². The van der Waals surface area contributed by atoms with Crippen LogP contribution in [0.15, 0.2) is 15.7 Å². The molecule has 0 saturated carbocycles. The molecule has 0 bridgehead atoms. The first-order valence-corrected chi connectivity index (χ1v) is 7.99. The predicted octanol–water partition coefficient (Wildman–Crippen LogP) is -0.988. The third-order valence-corrected chi connectivity index (χ3v) is 5.40. The Hall–Kier alpha value is -2.03. The van der Waals surface area contributed by atoms with Gasteiger partial charge in [-0.25, -0.2) is 9.59 Å². The summed E-state index contributed by atoms with van der Waals surface area (Å²) in [6.45, 7) is -0.0844. The molecule has 1 N–H and O–H groups in total. The Morgan fingerprint density at radius 1 is 1.23 bits per heavy atom. The second kappa shape index (κ2) is 5.01. The van der Waals surface area contributed by atoms with Crippen LogP contribution in [0.2, 0.25) is 0 Å². The molecule has 3 rings (SSSR count). The van der Waals surface area contributed by atoms with Crippen LogP contribution in [-0.4, -0.2) is 43.0 Å². The second-order valence-corrected chi connectivity index (χ2v) is 6.69. The first kappa shape index (κ1) is 14.9. The van der Waals surface area contributed by atoms with Crippen LogP contribution in [0.5, 0.6) is 0 Å². The van der Waals surface area contributed by atoms with E-state index in [9.17, 15) is 19.2 Å². The fourth-order valence-electron chi connectivity index (χ4n) is 2.74. The highest BCUT2D eigenvalue weighted by Crippen LogP contribution is 2.33. The highest BCUT2D eigenvalue weighted by molar-refractivity contribution is 7.99. The Bertz CT molecular complexity index is 775. The normalized spacial score (nSPS) is 24.4. The van der Waals surface area contributed by atoms with Crippen LogP contribution in [-0.2, 0) is 25.4 Å². The van der Waals surface area contributed by atoms with Crippen molar-refractivity contribution in [1.29, 1.82) is 0 Å². The summed E-state index contributed by atoms with van der Waals surface area (Å²) < 4.78 is 2.25. The molecule has 2 saturated heterocycles. The number of nitrogens with one attached hydrogen (secondary N) is 1. The average Bonchev–Trinajstić information content (AvgIpc) is 3.03. The topological polar surface area (TPSA) is 93.4 Å². The van der Waals surface area contributed by atoms with E-state index in [0.717, 1.165) is 15.2 Å². The van der Waals surface area contributed by atoms with Crippen LogP contribution in [0.3, 0.4) is 0 Å². The number of thioether (sulfide) groups is 1. The zero-order valence-corrected chi connectivity index (χ0v) is 13.1. The molecule has 0 aliphatic carbocycles. The van der Waals surface area contributed by atoms with Crippen LogP contribution < -0.4 is 16.6 Å². The van der Waals surface area contributed by atoms with Gasteiger partial charge in [0.25, 0.3) is 11.5 Å². The van der Waals surface area contributed by atoms with Gasteiger partial charge in [0.1, 0.15) is 5.54 Å². The van der Waals surface area contributed by atoms with Crippen molar-refractivity contribution in [1.82, 2.24) is 19.4 Å². The van der Waals surface area contributed by atoms with Gasteiger partial charge in [-0.1, -0.05) is 0 Å². The van der Waals surface area contributed by atoms with Gasteiger partial charge in [0, 0.05) is 31.6 Å². The molecule has 2 aliphatic rings. The molecule has 118 valence electrons. The van der Waals surface area contributed by atoms with Crippen molar-refractivity contribution in [3.63, 3.8) is 0 Å². The molecule has 3 amide bonds. The zero-order valence-electron chi connectivity index (χ0n) is 12.3. The fraction of sp³-hybridized carbons (Fsp3) is 0.538. The number of nitrogens with zero attached hydrogens (tertiary/aromatic N) is 3. The van der Waals surface area contributed by atoms with Crippen molar-refractivity contribution in [2.75, 3.05) is 11.5 Å². The number of aromatic nitrogens is 2. The van der Waals surface area contributed by atoms with Crippen LogP contribution in [0.4, 0.5) is 4.79 Å². The van der Waals surface area contributed by atoms with Crippen LogP contribution >= 0.6 is 11.8 Å². The lowest BCUT2D eigenvalue weighted by Crippen LogP contribution is -2.47. The van der Waals surface area contributed by atoms with Gasteiger partial charge < -0.3 is 5.32 Å². The molecular formula is C13H16N4O4S. The largest absolute Gasteiger partial charge is 0.330 e. The quantitative estimate of drug-likeness (QED) is 0.705. The van der Waals surface area contributed by atoms with Crippen molar-refractivity contribution in [3.05, 3.63) is 32.6 Å². The summed E-state index contributed by atoms with van der Waals surface area (Å²) in [6.07, 6.45) is 0.605. The smallest absolute Gasteiger partial charge is 0.322 e. The molecule has 9 heteroatoms. The van der Waals surface area contributed by atoms with E-state index >= 15 is 0 Å². The molecule has 1 aromatic heterocycles. The number of hydrogen-bond acceptors (Lipinski definition) is 5. The van der Waals surface area contributed by atoms with Crippen LogP contribution in [0.25, 0.3) is 0 Å². The second-order valence-electron chi connectivity index (χ2n) is 5.58. The number of carbonyl (C=O) groups excluding carboxylic acids is 2. The molecular weight excluding hydrogens is 308 g/mol. The molecule has 0 radical (unpaired) electrons. The fourth-order valence-corrected chi connectivity index (χ4v) is 4.07. The maximum absolute atomic E-state index is 12.6. The minimum Gasteiger partial charge on any atom is -0.322 e. The maximum atomic E-state index is 12.6. The van der Waals surface area contributed by atoms with E-state index in [1.165, 1.54) is 24.7 Å². The van der Waals surface area contributed by atoms with Gasteiger partial charge in [0.15, 0.2) is 0 Å². The maximum Gasteiger partial charge on any atom is 0.330 e. The molecule has 2 fully saturated rings. The van der Waals surface area contributed by atoms with Crippen molar-refractivity contribution in [2.45, 2.75) is 18.5 Å². The summed E-state index contributed by atoms with van der Waals surface area (Å²) in [5, 5.41) is 2.76. The van der Waals surface area contributed by atoms with E-state index in [-0.39, 0.29) is 12.5 Å². The van der Waals surface area contributed by atoms with Crippen molar-refractivity contribution < 1.29 is 9.59 Å². The Morgan fingerprint density at radius 2 is 1.95 bits per heavy atom. The van der Waals surface area contributed by atoms with Gasteiger partial charge in [-0.05, 0) is 12.2 Å². The van der Waals surface area contributed by atoms with Crippen molar-refractivity contribution >= 4 is 23.7 Å². The number of imide groups is 1. The molecule has 0 aromatic carbocycles. The highest BCUT2D eigenvalue weighted by atomic mass is 32.2. The zero-order chi connectivity index (χ0) is 16.1. The van der Waals surface area contributed by atoms with E-state index in [1.807, 2.05) is 0 Å². The summed E-state index contributed by atoms with van der Waals surface area (Å²) in [4.78, 5) is 49.4. The van der Waals surface area contributed by atoms with E-state index < -0.39 is 22.8 Å². The van der Waals surface area contributed by atoms with Gasteiger partial charge in [0.2, 0.25) is 0 Å². The summed E-state index contributed by atoms with van der Waals surface area (Å²) in [7, 11) is 2.89. The molecule has 1 spiro atoms. The summed E-state index contributed by atoms with van der Waals surface area (Å²) >= 11 is 1.62. The third-order valence-electron chi connectivity index (χ3n) is 4.21. The van der Waals surface area contributed by atoms with Crippen LogP contribution in [0, 0.1) is 0 Å². The molecule has 2 aliphatic heterocycles. The average molecular weight is 324 g/mol. The number of rotatable bonds is 2. The monoisotopic (exact) mass is 324 g/mol. The predicted molar refractivity (Wildman–Crippen MR) is 80.7 cm³/mol. The van der Waals surface area contributed by atoms with Gasteiger partial charge in [-0.3, -0.25) is 23.6 Å². The minimum atomic E-state index is -0.819. The Kier molecular flexibility index (Phi) is 3.39.